The second kappa shape index (κ2) is 6.57. The predicted molar refractivity (Wildman–Crippen MR) is 89.2 cm³/mol. The molecule has 0 radical (unpaired) electrons. The molecule has 2 aromatic carbocycles. The van der Waals surface area contributed by atoms with Crippen molar-refractivity contribution in [3.05, 3.63) is 58.1 Å². The molecule has 0 spiro atoms. The third-order valence-corrected chi connectivity index (χ3v) is 3.93. The molecule has 3 rings (SSSR count). The molecule has 1 heterocycles. The molecule has 124 valence electrons. The Morgan fingerprint density at radius 1 is 1.08 bits per heavy atom. The van der Waals surface area contributed by atoms with Crippen LogP contribution in [0.3, 0.4) is 0 Å². The summed E-state index contributed by atoms with van der Waals surface area (Å²) in [5.41, 5.74) is 6.74. The Kier molecular flexibility index (Phi) is 4.33. The van der Waals surface area contributed by atoms with Gasteiger partial charge in [0.15, 0.2) is 0 Å². The number of hydrogen-bond donors (Lipinski definition) is 1. The third kappa shape index (κ3) is 3.29. The summed E-state index contributed by atoms with van der Waals surface area (Å²) in [6.07, 6.45) is 2.01. The normalized spacial score (nSPS) is 13.8. The van der Waals surface area contributed by atoms with Crippen molar-refractivity contribution in [2.24, 2.45) is 0 Å². The first-order valence-electron chi connectivity index (χ1n) is 7.66. The van der Waals surface area contributed by atoms with Gasteiger partial charge in [-0.3, -0.25) is 14.9 Å². The molecule has 1 amide bonds. The highest BCUT2D eigenvalue weighted by molar-refractivity contribution is 5.99. The summed E-state index contributed by atoms with van der Waals surface area (Å²) in [4.78, 5) is 24.5. The summed E-state index contributed by atoms with van der Waals surface area (Å²) >= 11 is 0. The number of non-ortho nitro benzene ring substituents is 1. The van der Waals surface area contributed by atoms with E-state index >= 15 is 0 Å². The number of rotatable bonds is 4. The maximum absolute atomic E-state index is 12.5. The number of ether oxygens (including phenoxy) is 1. The van der Waals surface area contributed by atoms with Crippen molar-refractivity contribution in [1.29, 1.82) is 0 Å². The number of nitrogen functional groups attached to an aromatic ring is 1. The Labute approximate surface area is 138 Å². The largest absolute Gasteiger partial charge is 0.457 e. The van der Waals surface area contributed by atoms with Gasteiger partial charge in [-0.15, -0.1) is 0 Å². The fraction of sp³-hybridized carbons (Fsp3) is 0.235. The number of benzene rings is 2. The van der Waals surface area contributed by atoms with Gasteiger partial charge in [0.1, 0.15) is 11.5 Å². The first-order chi connectivity index (χ1) is 11.5. The maximum Gasteiger partial charge on any atom is 0.269 e. The zero-order chi connectivity index (χ0) is 17.1. The zero-order valence-corrected chi connectivity index (χ0v) is 13.0. The van der Waals surface area contributed by atoms with Crippen LogP contribution in [-0.2, 0) is 0 Å². The number of nitro benzene ring substituents is 1. The van der Waals surface area contributed by atoms with E-state index in [1.165, 1.54) is 24.3 Å². The highest BCUT2D eigenvalue weighted by Gasteiger charge is 2.21. The lowest BCUT2D eigenvalue weighted by Gasteiger charge is -2.17. The van der Waals surface area contributed by atoms with Crippen LogP contribution in [0.5, 0.6) is 11.5 Å². The summed E-state index contributed by atoms with van der Waals surface area (Å²) in [7, 11) is 0. The SMILES string of the molecule is Nc1ccc(Oc2ccc([N+](=O)[O-])cc2)cc1C(=O)N1CCCC1. The van der Waals surface area contributed by atoms with Crippen LogP contribution in [0.15, 0.2) is 42.5 Å². The molecule has 24 heavy (non-hydrogen) atoms. The van der Waals surface area contributed by atoms with Crippen LogP contribution in [0.2, 0.25) is 0 Å². The molecule has 0 aromatic heterocycles. The number of nitrogens with zero attached hydrogens (tertiary/aromatic N) is 2. The van der Waals surface area contributed by atoms with Gasteiger partial charge < -0.3 is 15.4 Å². The van der Waals surface area contributed by atoms with Crippen molar-refractivity contribution in [2.45, 2.75) is 12.8 Å². The lowest BCUT2D eigenvalue weighted by atomic mass is 10.1. The van der Waals surface area contributed by atoms with E-state index in [4.69, 9.17) is 10.5 Å². The second-order valence-electron chi connectivity index (χ2n) is 5.60. The second-order valence-corrected chi connectivity index (χ2v) is 5.60. The number of likely N-dealkylation sites (tertiary alicyclic amines) is 1. The predicted octanol–water partition coefficient (Wildman–Crippen LogP) is 3.21. The Morgan fingerprint density at radius 2 is 1.71 bits per heavy atom. The number of nitro groups is 1. The smallest absolute Gasteiger partial charge is 0.269 e. The van der Waals surface area contributed by atoms with Crippen LogP contribution >= 0.6 is 0 Å². The highest BCUT2D eigenvalue weighted by Crippen LogP contribution is 2.28. The molecule has 7 nitrogen and oxygen atoms in total. The number of amides is 1. The molecule has 0 saturated carbocycles. The summed E-state index contributed by atoms with van der Waals surface area (Å²) in [6.45, 7) is 1.48. The van der Waals surface area contributed by atoms with Crippen LogP contribution in [0.25, 0.3) is 0 Å². The van der Waals surface area contributed by atoms with E-state index in [-0.39, 0.29) is 11.6 Å². The summed E-state index contributed by atoms with van der Waals surface area (Å²) in [5.74, 6) is 0.810. The van der Waals surface area contributed by atoms with Gasteiger partial charge in [-0.05, 0) is 43.2 Å². The number of nitrogens with two attached hydrogens (primary N) is 1. The molecule has 1 aliphatic heterocycles. The molecule has 2 N–H and O–H groups in total. The minimum Gasteiger partial charge on any atom is -0.457 e. The highest BCUT2D eigenvalue weighted by atomic mass is 16.6. The Morgan fingerprint density at radius 3 is 2.33 bits per heavy atom. The van der Waals surface area contributed by atoms with Crippen LogP contribution in [0, 0.1) is 10.1 Å². The van der Waals surface area contributed by atoms with Crippen molar-refractivity contribution in [3.63, 3.8) is 0 Å². The van der Waals surface area contributed by atoms with Crippen molar-refractivity contribution < 1.29 is 14.5 Å². The summed E-state index contributed by atoms with van der Waals surface area (Å²) in [5, 5.41) is 10.7. The average molecular weight is 327 g/mol. The molecule has 7 heteroatoms. The van der Waals surface area contributed by atoms with Gasteiger partial charge in [-0.2, -0.15) is 0 Å². The van der Waals surface area contributed by atoms with Crippen LogP contribution in [0.1, 0.15) is 23.2 Å². The molecule has 1 fully saturated rings. The average Bonchev–Trinajstić information content (AvgIpc) is 3.11. The molecule has 2 aromatic rings. The summed E-state index contributed by atoms with van der Waals surface area (Å²) in [6, 6.07) is 10.7. The molecular formula is C17H17N3O4. The third-order valence-electron chi connectivity index (χ3n) is 3.93. The fourth-order valence-electron chi connectivity index (χ4n) is 2.65. The van der Waals surface area contributed by atoms with Crippen molar-refractivity contribution >= 4 is 17.3 Å². The van der Waals surface area contributed by atoms with Gasteiger partial charge in [-0.25, -0.2) is 0 Å². The number of carbonyl (C=O) groups excluding carboxylic acids is 1. The maximum atomic E-state index is 12.5. The van der Waals surface area contributed by atoms with E-state index in [0.29, 0.717) is 22.7 Å². The Balaban J connectivity index is 1.80. The van der Waals surface area contributed by atoms with E-state index in [1.807, 2.05) is 0 Å². The van der Waals surface area contributed by atoms with Crippen LogP contribution < -0.4 is 10.5 Å². The quantitative estimate of drug-likeness (QED) is 0.528. The Hall–Kier alpha value is -3.09. The van der Waals surface area contributed by atoms with Gasteiger partial charge in [0.05, 0.1) is 10.5 Å². The molecule has 0 aliphatic carbocycles. The molecule has 1 saturated heterocycles. The number of anilines is 1. The zero-order valence-electron chi connectivity index (χ0n) is 13.0. The van der Waals surface area contributed by atoms with E-state index < -0.39 is 4.92 Å². The molecule has 1 aliphatic rings. The first-order valence-corrected chi connectivity index (χ1v) is 7.66. The van der Waals surface area contributed by atoms with E-state index in [2.05, 4.69) is 0 Å². The minimum absolute atomic E-state index is 0.00967. The molecule has 0 atom stereocenters. The molecule has 0 bridgehead atoms. The van der Waals surface area contributed by atoms with E-state index in [9.17, 15) is 14.9 Å². The van der Waals surface area contributed by atoms with Gasteiger partial charge in [0.25, 0.3) is 11.6 Å². The monoisotopic (exact) mass is 327 g/mol. The first kappa shape index (κ1) is 15.8. The van der Waals surface area contributed by atoms with Gasteiger partial charge in [-0.1, -0.05) is 0 Å². The topological polar surface area (TPSA) is 98.7 Å². The van der Waals surface area contributed by atoms with Crippen molar-refractivity contribution in [1.82, 2.24) is 4.90 Å². The minimum atomic E-state index is -0.472. The van der Waals surface area contributed by atoms with Gasteiger partial charge in [0.2, 0.25) is 0 Å². The standard InChI is InChI=1S/C17H17N3O4/c18-16-8-7-14(11-15(16)17(21)19-9-1-2-10-19)24-13-5-3-12(4-6-13)20(22)23/h3-8,11H,1-2,9-10,18H2. The van der Waals surface area contributed by atoms with E-state index in [1.54, 1.807) is 23.1 Å². The van der Waals surface area contributed by atoms with Gasteiger partial charge in [0, 0.05) is 30.9 Å². The lowest BCUT2D eigenvalue weighted by molar-refractivity contribution is -0.384. The Bertz CT molecular complexity index is 768. The lowest BCUT2D eigenvalue weighted by Crippen LogP contribution is -2.28. The number of carbonyl (C=O) groups is 1. The van der Waals surface area contributed by atoms with Crippen LogP contribution in [-0.4, -0.2) is 28.8 Å². The summed E-state index contributed by atoms with van der Waals surface area (Å²) < 4.78 is 5.67. The van der Waals surface area contributed by atoms with E-state index in [0.717, 1.165) is 25.9 Å². The van der Waals surface area contributed by atoms with Crippen LogP contribution in [0.4, 0.5) is 11.4 Å². The number of hydrogen-bond acceptors (Lipinski definition) is 5. The van der Waals surface area contributed by atoms with Crippen molar-refractivity contribution in [2.75, 3.05) is 18.8 Å². The van der Waals surface area contributed by atoms with Crippen molar-refractivity contribution in [3.8, 4) is 11.5 Å². The molecular weight excluding hydrogens is 310 g/mol. The fourth-order valence-corrected chi connectivity index (χ4v) is 2.65. The molecule has 0 unspecified atom stereocenters. The van der Waals surface area contributed by atoms with Gasteiger partial charge >= 0.3 is 0 Å².